The molecule has 1 amide bonds. The summed E-state index contributed by atoms with van der Waals surface area (Å²) in [5, 5.41) is 13.8. The highest BCUT2D eigenvalue weighted by Gasteiger charge is 2.23. The number of piperidine rings is 1. The van der Waals surface area contributed by atoms with Gasteiger partial charge in [0.2, 0.25) is 0 Å². The number of ether oxygens (including phenoxy) is 1. The number of amides is 1. The van der Waals surface area contributed by atoms with E-state index in [9.17, 15) is 9.59 Å². The van der Waals surface area contributed by atoms with Crippen LogP contribution in [-0.2, 0) is 7.05 Å². The molecule has 9 heteroatoms. The van der Waals surface area contributed by atoms with Gasteiger partial charge in [0.1, 0.15) is 11.1 Å². The Morgan fingerprint density at radius 2 is 1.87 bits per heavy atom. The van der Waals surface area contributed by atoms with Gasteiger partial charge in [-0.3, -0.25) is 9.36 Å². The zero-order valence-corrected chi connectivity index (χ0v) is 17.3. The Hall–Kier alpha value is -3.36. The summed E-state index contributed by atoms with van der Waals surface area (Å²) in [6.07, 6.45) is 2.29. The summed E-state index contributed by atoms with van der Waals surface area (Å²) in [6.45, 7) is 5.05. The van der Waals surface area contributed by atoms with Crippen molar-refractivity contribution in [2.45, 2.75) is 38.6 Å². The first-order valence-corrected chi connectivity index (χ1v) is 10.0. The standard InChI is InChI=1S/C21H25N5O4/c1-13(2)26-18-17(12-22-26)19(27)24(3)20(23-18)30-16-6-4-14(5-7-16)15-8-10-25(11-9-15)21(28)29/h4-7,12-13,15H,8-11H2,1-3H3,(H,28,29). The van der Waals surface area contributed by atoms with Crippen molar-refractivity contribution in [3.63, 3.8) is 0 Å². The first-order chi connectivity index (χ1) is 14.3. The minimum absolute atomic E-state index is 0.0711. The van der Waals surface area contributed by atoms with E-state index in [4.69, 9.17) is 9.84 Å². The van der Waals surface area contributed by atoms with Gasteiger partial charge in [-0.2, -0.15) is 10.1 Å². The van der Waals surface area contributed by atoms with Crippen LogP contribution in [0.4, 0.5) is 4.79 Å². The third-order valence-electron chi connectivity index (χ3n) is 5.61. The zero-order chi connectivity index (χ0) is 21.4. The smallest absolute Gasteiger partial charge is 0.407 e. The number of hydrogen-bond donors (Lipinski definition) is 1. The van der Waals surface area contributed by atoms with Gasteiger partial charge in [0.05, 0.1) is 6.20 Å². The second-order valence-electron chi connectivity index (χ2n) is 7.89. The van der Waals surface area contributed by atoms with E-state index in [0.29, 0.717) is 35.8 Å². The van der Waals surface area contributed by atoms with Crippen LogP contribution in [0.1, 0.15) is 44.2 Å². The van der Waals surface area contributed by atoms with Crippen LogP contribution in [0.25, 0.3) is 11.0 Å². The Labute approximate surface area is 173 Å². The predicted molar refractivity (Wildman–Crippen MR) is 111 cm³/mol. The molecule has 2 aromatic heterocycles. The summed E-state index contributed by atoms with van der Waals surface area (Å²) in [5.74, 6) is 0.910. The quantitative estimate of drug-likeness (QED) is 0.706. The fourth-order valence-electron chi connectivity index (χ4n) is 3.84. The van der Waals surface area contributed by atoms with Crippen LogP contribution in [0.15, 0.2) is 35.3 Å². The topological polar surface area (TPSA) is 102 Å². The Bertz CT molecular complexity index is 1120. The van der Waals surface area contributed by atoms with Crippen LogP contribution in [0.2, 0.25) is 0 Å². The monoisotopic (exact) mass is 411 g/mol. The number of rotatable bonds is 4. The third kappa shape index (κ3) is 3.62. The molecular formula is C21H25N5O4. The van der Waals surface area contributed by atoms with Gasteiger partial charge in [0.25, 0.3) is 5.56 Å². The molecule has 1 aliphatic rings. The molecule has 0 radical (unpaired) electrons. The second kappa shape index (κ2) is 7.81. The third-order valence-corrected chi connectivity index (χ3v) is 5.61. The molecule has 3 aromatic rings. The SMILES string of the molecule is CC(C)n1ncc2c(=O)n(C)c(Oc3ccc(C4CCN(C(=O)O)CC4)cc3)nc21. The summed E-state index contributed by atoms with van der Waals surface area (Å²) in [6, 6.07) is 7.97. The lowest BCUT2D eigenvalue weighted by Crippen LogP contribution is -2.36. The molecule has 1 saturated heterocycles. The van der Waals surface area contributed by atoms with Gasteiger partial charge < -0.3 is 14.7 Å². The molecule has 1 aromatic carbocycles. The molecule has 1 fully saturated rings. The lowest BCUT2D eigenvalue weighted by Gasteiger charge is -2.30. The summed E-state index contributed by atoms with van der Waals surface area (Å²) >= 11 is 0. The van der Waals surface area contributed by atoms with Gasteiger partial charge in [-0.15, -0.1) is 0 Å². The maximum absolute atomic E-state index is 12.7. The van der Waals surface area contributed by atoms with Crippen LogP contribution in [0.3, 0.4) is 0 Å². The van der Waals surface area contributed by atoms with Crippen molar-refractivity contribution in [1.82, 2.24) is 24.2 Å². The summed E-state index contributed by atoms with van der Waals surface area (Å²) in [4.78, 5) is 29.7. The summed E-state index contributed by atoms with van der Waals surface area (Å²) < 4.78 is 9.00. The van der Waals surface area contributed by atoms with E-state index < -0.39 is 6.09 Å². The molecule has 4 rings (SSSR count). The highest BCUT2D eigenvalue weighted by molar-refractivity contribution is 5.73. The lowest BCUT2D eigenvalue weighted by atomic mass is 9.89. The molecule has 3 heterocycles. The maximum atomic E-state index is 12.7. The number of carboxylic acid groups (broad SMARTS) is 1. The molecule has 0 spiro atoms. The first-order valence-electron chi connectivity index (χ1n) is 10.0. The largest absolute Gasteiger partial charge is 0.465 e. The van der Waals surface area contributed by atoms with Crippen molar-refractivity contribution in [1.29, 1.82) is 0 Å². The Morgan fingerprint density at radius 3 is 2.47 bits per heavy atom. The molecule has 0 saturated carbocycles. The van der Waals surface area contributed by atoms with Crippen LogP contribution in [0.5, 0.6) is 11.8 Å². The van der Waals surface area contributed by atoms with E-state index in [-0.39, 0.29) is 17.6 Å². The predicted octanol–water partition coefficient (Wildman–Crippen LogP) is 3.36. The average Bonchev–Trinajstić information content (AvgIpc) is 3.17. The van der Waals surface area contributed by atoms with Crippen molar-refractivity contribution in [3.05, 3.63) is 46.4 Å². The van der Waals surface area contributed by atoms with E-state index in [1.807, 2.05) is 38.1 Å². The number of benzene rings is 1. The van der Waals surface area contributed by atoms with Crippen molar-refractivity contribution >= 4 is 17.1 Å². The normalized spacial score (nSPS) is 15.1. The first kappa shape index (κ1) is 19.9. The number of nitrogens with zero attached hydrogens (tertiary/aromatic N) is 5. The molecule has 0 bridgehead atoms. The van der Waals surface area contributed by atoms with E-state index in [1.165, 1.54) is 9.47 Å². The number of fused-ring (bicyclic) bond motifs is 1. The molecule has 0 unspecified atom stereocenters. The van der Waals surface area contributed by atoms with Gasteiger partial charge in [-0.25, -0.2) is 9.48 Å². The van der Waals surface area contributed by atoms with Gasteiger partial charge in [-0.05, 0) is 50.3 Å². The molecule has 0 aliphatic carbocycles. The average molecular weight is 411 g/mol. The molecule has 1 aliphatic heterocycles. The van der Waals surface area contributed by atoms with Gasteiger partial charge in [0.15, 0.2) is 5.65 Å². The lowest BCUT2D eigenvalue weighted by molar-refractivity contribution is 0.132. The molecule has 1 N–H and O–H groups in total. The number of hydrogen-bond acceptors (Lipinski definition) is 5. The van der Waals surface area contributed by atoms with Gasteiger partial charge in [-0.1, -0.05) is 12.1 Å². The zero-order valence-electron chi connectivity index (χ0n) is 17.3. The number of aromatic nitrogens is 4. The van der Waals surface area contributed by atoms with Gasteiger partial charge >= 0.3 is 12.1 Å². The van der Waals surface area contributed by atoms with E-state index in [0.717, 1.165) is 18.4 Å². The van der Waals surface area contributed by atoms with Crippen LogP contribution < -0.4 is 10.3 Å². The fraction of sp³-hybridized carbons (Fsp3) is 0.429. The summed E-state index contributed by atoms with van der Waals surface area (Å²) in [7, 11) is 1.63. The van der Waals surface area contributed by atoms with Crippen molar-refractivity contribution in [3.8, 4) is 11.8 Å². The fourth-order valence-corrected chi connectivity index (χ4v) is 3.84. The van der Waals surface area contributed by atoms with Gasteiger partial charge in [0, 0.05) is 26.2 Å². The molecule has 9 nitrogen and oxygen atoms in total. The Balaban J connectivity index is 1.54. The molecule has 0 atom stereocenters. The Kier molecular flexibility index (Phi) is 5.19. The van der Waals surface area contributed by atoms with E-state index >= 15 is 0 Å². The maximum Gasteiger partial charge on any atom is 0.407 e. The minimum atomic E-state index is -0.855. The highest BCUT2D eigenvalue weighted by Crippen LogP contribution is 2.30. The van der Waals surface area contributed by atoms with Crippen LogP contribution in [-0.4, -0.2) is 48.5 Å². The van der Waals surface area contributed by atoms with Crippen LogP contribution in [0, 0.1) is 0 Å². The second-order valence-corrected chi connectivity index (χ2v) is 7.89. The van der Waals surface area contributed by atoms with E-state index in [2.05, 4.69) is 10.1 Å². The summed E-state index contributed by atoms with van der Waals surface area (Å²) in [5.41, 5.74) is 1.45. The van der Waals surface area contributed by atoms with Crippen molar-refractivity contribution in [2.75, 3.05) is 13.1 Å². The molecule has 30 heavy (non-hydrogen) atoms. The van der Waals surface area contributed by atoms with E-state index in [1.54, 1.807) is 17.9 Å². The van der Waals surface area contributed by atoms with Crippen molar-refractivity contribution in [2.24, 2.45) is 7.05 Å². The number of likely N-dealkylation sites (tertiary alicyclic amines) is 1. The molecular weight excluding hydrogens is 386 g/mol. The number of carbonyl (C=O) groups is 1. The Morgan fingerprint density at radius 1 is 1.20 bits per heavy atom. The highest BCUT2D eigenvalue weighted by atomic mass is 16.5. The van der Waals surface area contributed by atoms with Crippen molar-refractivity contribution < 1.29 is 14.6 Å². The minimum Gasteiger partial charge on any atom is -0.465 e. The molecule has 158 valence electrons. The van der Waals surface area contributed by atoms with Crippen LogP contribution >= 0.6 is 0 Å².